The minimum absolute atomic E-state index is 0.395. The van der Waals surface area contributed by atoms with Gasteiger partial charge in [0.1, 0.15) is 11.6 Å². The van der Waals surface area contributed by atoms with Crippen molar-refractivity contribution in [2.45, 2.75) is 72.1 Å². The van der Waals surface area contributed by atoms with E-state index in [1.165, 1.54) is 25.7 Å². The average Bonchev–Trinajstić information content (AvgIpc) is 2.40. The van der Waals surface area contributed by atoms with E-state index in [0.717, 1.165) is 21.0 Å². The van der Waals surface area contributed by atoms with Gasteiger partial charge < -0.3 is 5.73 Å². The molecule has 1 heterocycles. The summed E-state index contributed by atoms with van der Waals surface area (Å²) in [6.07, 6.45) is 4.94. The van der Waals surface area contributed by atoms with Gasteiger partial charge in [0.25, 0.3) is 0 Å². The van der Waals surface area contributed by atoms with Gasteiger partial charge in [-0.2, -0.15) is 0 Å². The molecule has 3 nitrogen and oxygen atoms in total. The largest absolute Gasteiger partial charge is 0.383 e. The molecule has 2 rings (SSSR count). The van der Waals surface area contributed by atoms with Crippen LogP contribution >= 0.6 is 22.6 Å². The van der Waals surface area contributed by atoms with Gasteiger partial charge in [-0.25, -0.2) is 9.97 Å². The number of hydrogen-bond acceptors (Lipinski definition) is 3. The first-order chi connectivity index (χ1) is 9.70. The molecule has 1 aromatic rings. The Hall–Kier alpha value is -0.390. The molecule has 0 amide bonds. The van der Waals surface area contributed by atoms with Gasteiger partial charge in [0.05, 0.1) is 9.26 Å². The average molecular weight is 401 g/mol. The van der Waals surface area contributed by atoms with Crippen molar-refractivity contribution >= 4 is 28.4 Å². The predicted molar refractivity (Wildman–Crippen MR) is 97.4 cm³/mol. The van der Waals surface area contributed by atoms with Gasteiger partial charge in [0.2, 0.25) is 0 Å². The van der Waals surface area contributed by atoms with E-state index in [2.05, 4.69) is 62.2 Å². The van der Waals surface area contributed by atoms with E-state index in [4.69, 9.17) is 10.7 Å². The van der Waals surface area contributed by atoms with Crippen LogP contribution < -0.4 is 5.73 Å². The number of halogens is 1. The Kier molecular flexibility index (Phi) is 5.16. The maximum Gasteiger partial charge on any atom is 0.140 e. The lowest BCUT2D eigenvalue weighted by Crippen LogP contribution is -2.26. The fraction of sp³-hybridized carbons (Fsp3) is 0.765. The lowest BCUT2D eigenvalue weighted by Gasteiger charge is -2.36. The maximum atomic E-state index is 6.10. The smallest absolute Gasteiger partial charge is 0.140 e. The van der Waals surface area contributed by atoms with E-state index < -0.39 is 0 Å². The molecule has 118 valence electrons. The normalized spacial score (nSPS) is 23.6. The maximum absolute atomic E-state index is 6.10. The summed E-state index contributed by atoms with van der Waals surface area (Å²) in [5.41, 5.74) is 7.63. The molecule has 0 aliphatic heterocycles. The fourth-order valence-corrected chi connectivity index (χ4v) is 4.15. The third-order valence-electron chi connectivity index (χ3n) is 4.78. The van der Waals surface area contributed by atoms with E-state index in [9.17, 15) is 0 Å². The second-order valence-corrected chi connectivity index (χ2v) is 8.81. The van der Waals surface area contributed by atoms with Crippen molar-refractivity contribution in [3.05, 3.63) is 15.1 Å². The van der Waals surface area contributed by atoms with Crippen LogP contribution in [-0.2, 0) is 0 Å². The summed E-state index contributed by atoms with van der Waals surface area (Å²) in [4.78, 5) is 9.43. The molecule has 1 saturated carbocycles. The summed E-state index contributed by atoms with van der Waals surface area (Å²) in [6.45, 7) is 11.4. The van der Waals surface area contributed by atoms with Crippen LogP contribution in [-0.4, -0.2) is 9.97 Å². The molecular formula is C17H28IN3. The van der Waals surface area contributed by atoms with Crippen molar-refractivity contribution < 1.29 is 0 Å². The molecule has 1 aliphatic rings. The first-order valence-electron chi connectivity index (χ1n) is 8.03. The molecule has 0 radical (unpaired) electrons. The Bertz CT molecular complexity index is 497. The number of nitrogens with two attached hydrogens (primary N) is 1. The Morgan fingerprint density at radius 1 is 1.10 bits per heavy atom. The Labute approximate surface area is 142 Å². The van der Waals surface area contributed by atoms with Crippen LogP contribution in [0.4, 0.5) is 5.82 Å². The lowest BCUT2D eigenvalue weighted by molar-refractivity contribution is 0.167. The summed E-state index contributed by atoms with van der Waals surface area (Å²) < 4.78 is 1.02. The molecule has 0 spiro atoms. The summed E-state index contributed by atoms with van der Waals surface area (Å²) in [5.74, 6) is 3.33. The standard InChI is InChI=1S/C17H28IN3/c1-10(2)14-13(18)15(19)21-16(20-14)11-6-8-12(9-7-11)17(3,4)5/h10-12H,6-9H2,1-5H3,(H2,19,20,21). The van der Waals surface area contributed by atoms with Crippen molar-refractivity contribution in [1.82, 2.24) is 9.97 Å². The third-order valence-corrected chi connectivity index (χ3v) is 5.89. The summed E-state index contributed by atoms with van der Waals surface area (Å²) in [5, 5.41) is 0. The third kappa shape index (κ3) is 3.88. The highest BCUT2D eigenvalue weighted by Crippen LogP contribution is 2.42. The van der Waals surface area contributed by atoms with Gasteiger partial charge in [0.15, 0.2) is 0 Å². The second-order valence-electron chi connectivity index (χ2n) is 7.74. The lowest BCUT2D eigenvalue weighted by atomic mass is 9.69. The zero-order valence-electron chi connectivity index (χ0n) is 13.9. The van der Waals surface area contributed by atoms with Crippen LogP contribution in [0.15, 0.2) is 0 Å². The second kappa shape index (κ2) is 6.39. The highest BCUT2D eigenvalue weighted by molar-refractivity contribution is 14.1. The number of aromatic nitrogens is 2. The Morgan fingerprint density at radius 2 is 1.67 bits per heavy atom. The molecule has 0 bridgehead atoms. The highest BCUT2D eigenvalue weighted by atomic mass is 127. The molecule has 0 saturated heterocycles. The number of nitrogens with zero attached hydrogens (tertiary/aromatic N) is 2. The van der Waals surface area contributed by atoms with E-state index in [1.54, 1.807) is 0 Å². The van der Waals surface area contributed by atoms with Gasteiger partial charge in [-0.15, -0.1) is 0 Å². The van der Waals surface area contributed by atoms with E-state index in [1.807, 2.05) is 0 Å². The van der Waals surface area contributed by atoms with Gasteiger partial charge >= 0.3 is 0 Å². The van der Waals surface area contributed by atoms with Gasteiger partial charge in [-0.05, 0) is 65.5 Å². The minimum atomic E-state index is 0.395. The SMILES string of the molecule is CC(C)c1nc(C2CCC(C(C)(C)C)CC2)nc(N)c1I. The van der Waals surface area contributed by atoms with Crippen molar-refractivity contribution in [2.24, 2.45) is 11.3 Å². The number of nitrogen functional groups attached to an aromatic ring is 1. The molecule has 1 fully saturated rings. The molecule has 2 N–H and O–H groups in total. The van der Waals surface area contributed by atoms with Gasteiger partial charge in [-0.1, -0.05) is 34.6 Å². The highest BCUT2D eigenvalue weighted by Gasteiger charge is 2.31. The molecule has 1 aliphatic carbocycles. The van der Waals surface area contributed by atoms with Gasteiger partial charge in [-0.3, -0.25) is 0 Å². The molecular weight excluding hydrogens is 373 g/mol. The van der Waals surface area contributed by atoms with Gasteiger partial charge in [0, 0.05) is 5.92 Å². The zero-order valence-corrected chi connectivity index (χ0v) is 16.1. The summed E-state index contributed by atoms with van der Waals surface area (Å²) in [7, 11) is 0. The van der Waals surface area contributed by atoms with Crippen LogP contribution in [0.2, 0.25) is 0 Å². The molecule has 1 aromatic heterocycles. The monoisotopic (exact) mass is 401 g/mol. The molecule has 4 heteroatoms. The zero-order chi connectivity index (χ0) is 15.8. The fourth-order valence-electron chi connectivity index (χ4n) is 3.28. The summed E-state index contributed by atoms with van der Waals surface area (Å²) in [6, 6.07) is 0. The summed E-state index contributed by atoms with van der Waals surface area (Å²) >= 11 is 2.27. The van der Waals surface area contributed by atoms with Crippen LogP contribution in [0.5, 0.6) is 0 Å². The van der Waals surface area contributed by atoms with Crippen LogP contribution in [0, 0.1) is 14.9 Å². The first-order valence-corrected chi connectivity index (χ1v) is 9.10. The van der Waals surface area contributed by atoms with Crippen molar-refractivity contribution in [3.8, 4) is 0 Å². The van der Waals surface area contributed by atoms with E-state index >= 15 is 0 Å². The topological polar surface area (TPSA) is 51.8 Å². The predicted octanol–water partition coefficient (Wildman–Crippen LogP) is 5.11. The molecule has 0 unspecified atom stereocenters. The van der Waals surface area contributed by atoms with Crippen molar-refractivity contribution in [1.29, 1.82) is 0 Å². The molecule has 0 aromatic carbocycles. The minimum Gasteiger partial charge on any atom is -0.383 e. The van der Waals surface area contributed by atoms with Crippen molar-refractivity contribution in [2.75, 3.05) is 5.73 Å². The molecule has 0 atom stereocenters. The number of anilines is 1. The Morgan fingerprint density at radius 3 is 2.14 bits per heavy atom. The van der Waals surface area contributed by atoms with E-state index in [0.29, 0.717) is 23.1 Å². The van der Waals surface area contributed by atoms with Crippen molar-refractivity contribution in [3.63, 3.8) is 0 Å². The first kappa shape index (κ1) is 17.0. The van der Waals surface area contributed by atoms with Crippen LogP contribution in [0.25, 0.3) is 0 Å². The van der Waals surface area contributed by atoms with Crippen LogP contribution in [0.3, 0.4) is 0 Å². The quantitative estimate of drug-likeness (QED) is 0.701. The van der Waals surface area contributed by atoms with Crippen LogP contribution in [0.1, 0.15) is 83.7 Å². The number of hydrogen-bond donors (Lipinski definition) is 1. The molecule has 21 heavy (non-hydrogen) atoms. The Balaban J connectivity index is 2.17. The number of rotatable bonds is 2. The van der Waals surface area contributed by atoms with E-state index in [-0.39, 0.29) is 0 Å².